The van der Waals surface area contributed by atoms with Gasteiger partial charge in [0, 0.05) is 0 Å². The van der Waals surface area contributed by atoms with Crippen molar-refractivity contribution in [1.82, 2.24) is 0 Å². The molecule has 0 unspecified atom stereocenters. The van der Waals surface area contributed by atoms with Gasteiger partial charge in [0.25, 0.3) is 0 Å². The molecule has 0 fully saturated rings. The van der Waals surface area contributed by atoms with E-state index in [1.807, 2.05) is 26.0 Å². The first-order valence-electron chi connectivity index (χ1n) is 5.38. The molecule has 0 aliphatic rings. The van der Waals surface area contributed by atoms with Crippen molar-refractivity contribution in [2.24, 2.45) is 0 Å². The van der Waals surface area contributed by atoms with Crippen LogP contribution in [0.1, 0.15) is 41.3 Å². The molecule has 0 aromatic heterocycles. The fourth-order valence-corrected chi connectivity index (χ4v) is 1.54. The van der Waals surface area contributed by atoms with Gasteiger partial charge in [-0.3, -0.25) is 4.79 Å². The van der Waals surface area contributed by atoms with E-state index in [0.29, 0.717) is 12.2 Å². The highest BCUT2D eigenvalue weighted by Crippen LogP contribution is 2.22. The Kier molecular flexibility index (Phi) is 4.35. The minimum Gasteiger partial charge on any atom is -0.493 e. The van der Waals surface area contributed by atoms with Gasteiger partial charge in [0.15, 0.2) is 6.29 Å². The van der Waals surface area contributed by atoms with Gasteiger partial charge in [0.1, 0.15) is 5.75 Å². The Morgan fingerprint density at radius 3 is 2.67 bits per heavy atom. The lowest BCUT2D eigenvalue weighted by Crippen LogP contribution is -2.01. The van der Waals surface area contributed by atoms with E-state index < -0.39 is 0 Å². The van der Waals surface area contributed by atoms with Gasteiger partial charge in [-0.25, -0.2) is 0 Å². The van der Waals surface area contributed by atoms with E-state index in [4.69, 9.17) is 4.74 Å². The summed E-state index contributed by atoms with van der Waals surface area (Å²) in [4.78, 5) is 10.9. The van der Waals surface area contributed by atoms with Crippen molar-refractivity contribution in [2.45, 2.75) is 33.6 Å². The number of aryl methyl sites for hydroxylation is 2. The summed E-state index contributed by atoms with van der Waals surface area (Å²) in [5.74, 6) is 0.718. The molecule has 2 heteroatoms. The quantitative estimate of drug-likeness (QED) is 0.546. The Hall–Kier alpha value is -1.31. The Balaban J connectivity index is 2.88. The number of unbranched alkanes of at least 4 members (excludes halogenated alkanes) is 1. The average molecular weight is 206 g/mol. The van der Waals surface area contributed by atoms with Crippen molar-refractivity contribution < 1.29 is 9.53 Å². The molecule has 1 rings (SSSR count). The number of benzene rings is 1. The Morgan fingerprint density at radius 2 is 2.07 bits per heavy atom. The molecular formula is C13H18O2. The molecule has 1 aromatic carbocycles. The van der Waals surface area contributed by atoms with Crippen molar-refractivity contribution in [3.8, 4) is 5.75 Å². The van der Waals surface area contributed by atoms with Gasteiger partial charge >= 0.3 is 0 Å². The highest BCUT2D eigenvalue weighted by atomic mass is 16.5. The summed E-state index contributed by atoms with van der Waals surface area (Å²) < 4.78 is 5.60. The maximum atomic E-state index is 10.9. The van der Waals surface area contributed by atoms with Crippen LogP contribution in [0.25, 0.3) is 0 Å². The molecule has 0 N–H and O–H groups in total. The van der Waals surface area contributed by atoms with Crippen LogP contribution in [-0.2, 0) is 0 Å². The normalized spacial score (nSPS) is 10.1. The lowest BCUT2D eigenvalue weighted by molar-refractivity contribution is 0.111. The summed E-state index contributed by atoms with van der Waals surface area (Å²) in [6, 6.07) is 3.92. The van der Waals surface area contributed by atoms with E-state index >= 15 is 0 Å². The molecule has 0 saturated heterocycles. The van der Waals surface area contributed by atoms with Crippen molar-refractivity contribution in [3.63, 3.8) is 0 Å². The van der Waals surface area contributed by atoms with Crippen LogP contribution in [0.15, 0.2) is 12.1 Å². The molecule has 1 aromatic rings. The predicted molar refractivity (Wildman–Crippen MR) is 61.7 cm³/mol. The van der Waals surface area contributed by atoms with Gasteiger partial charge in [-0.2, -0.15) is 0 Å². The van der Waals surface area contributed by atoms with E-state index in [1.54, 1.807) is 0 Å². The highest BCUT2D eigenvalue weighted by molar-refractivity contribution is 5.81. The molecule has 0 amide bonds. The molecular weight excluding hydrogens is 188 g/mol. The number of rotatable bonds is 5. The first kappa shape index (κ1) is 11.8. The lowest BCUT2D eigenvalue weighted by Gasteiger charge is -2.10. The van der Waals surface area contributed by atoms with Gasteiger partial charge in [0.05, 0.1) is 12.2 Å². The molecule has 0 bridgehead atoms. The Morgan fingerprint density at radius 1 is 1.33 bits per heavy atom. The van der Waals surface area contributed by atoms with Crippen LogP contribution in [-0.4, -0.2) is 12.9 Å². The van der Waals surface area contributed by atoms with Gasteiger partial charge in [-0.1, -0.05) is 19.4 Å². The maximum Gasteiger partial charge on any atom is 0.154 e. The largest absolute Gasteiger partial charge is 0.493 e. The SMILES string of the molecule is CCCCOc1cc(C)cc(C)c1C=O. The topological polar surface area (TPSA) is 26.3 Å². The van der Waals surface area contributed by atoms with Crippen LogP contribution < -0.4 is 4.74 Å². The molecule has 82 valence electrons. The maximum absolute atomic E-state index is 10.9. The first-order valence-corrected chi connectivity index (χ1v) is 5.38. The summed E-state index contributed by atoms with van der Waals surface area (Å²) in [7, 11) is 0. The number of hydrogen-bond donors (Lipinski definition) is 0. The molecule has 0 saturated carbocycles. The van der Waals surface area contributed by atoms with E-state index in [1.165, 1.54) is 0 Å². The average Bonchev–Trinajstić information content (AvgIpc) is 2.17. The van der Waals surface area contributed by atoms with Gasteiger partial charge in [0.2, 0.25) is 0 Å². The second-order valence-electron chi connectivity index (χ2n) is 3.81. The zero-order chi connectivity index (χ0) is 11.3. The third kappa shape index (κ3) is 3.08. The number of carbonyl (C=O) groups is 1. The molecule has 2 nitrogen and oxygen atoms in total. The molecule has 0 heterocycles. The monoisotopic (exact) mass is 206 g/mol. The fourth-order valence-electron chi connectivity index (χ4n) is 1.54. The van der Waals surface area contributed by atoms with Crippen LogP contribution in [0.3, 0.4) is 0 Å². The summed E-state index contributed by atoms with van der Waals surface area (Å²) in [6.45, 7) is 6.74. The molecule has 0 aliphatic carbocycles. The van der Waals surface area contributed by atoms with Crippen molar-refractivity contribution >= 4 is 6.29 Å². The smallest absolute Gasteiger partial charge is 0.154 e. The molecule has 0 radical (unpaired) electrons. The third-order valence-electron chi connectivity index (χ3n) is 2.37. The minimum absolute atomic E-state index is 0.678. The van der Waals surface area contributed by atoms with E-state index in [9.17, 15) is 4.79 Å². The Labute approximate surface area is 91.3 Å². The van der Waals surface area contributed by atoms with E-state index in [-0.39, 0.29) is 0 Å². The second-order valence-corrected chi connectivity index (χ2v) is 3.81. The first-order chi connectivity index (χ1) is 7.19. The van der Waals surface area contributed by atoms with Gasteiger partial charge in [-0.05, 0) is 37.5 Å². The van der Waals surface area contributed by atoms with E-state index in [0.717, 1.165) is 36.0 Å². The standard InChI is InChI=1S/C13H18O2/c1-4-5-6-15-13-8-10(2)7-11(3)12(13)9-14/h7-9H,4-6H2,1-3H3. The molecule has 0 atom stereocenters. The second kappa shape index (κ2) is 5.54. The van der Waals surface area contributed by atoms with Crippen LogP contribution in [0, 0.1) is 13.8 Å². The summed E-state index contributed by atoms with van der Waals surface area (Å²) in [6.07, 6.45) is 2.99. The van der Waals surface area contributed by atoms with Crippen molar-refractivity contribution in [3.05, 3.63) is 28.8 Å². The van der Waals surface area contributed by atoms with Crippen molar-refractivity contribution in [1.29, 1.82) is 0 Å². The van der Waals surface area contributed by atoms with Crippen molar-refractivity contribution in [2.75, 3.05) is 6.61 Å². The van der Waals surface area contributed by atoms with Crippen LogP contribution >= 0.6 is 0 Å². The molecule has 0 spiro atoms. The number of carbonyl (C=O) groups excluding carboxylic acids is 1. The number of aldehydes is 1. The van der Waals surface area contributed by atoms with Crippen LogP contribution in [0.2, 0.25) is 0 Å². The van der Waals surface area contributed by atoms with Crippen LogP contribution in [0.5, 0.6) is 5.75 Å². The fraction of sp³-hybridized carbons (Fsp3) is 0.462. The predicted octanol–water partition coefficient (Wildman–Crippen LogP) is 3.29. The zero-order valence-electron chi connectivity index (χ0n) is 9.67. The highest BCUT2D eigenvalue weighted by Gasteiger charge is 2.06. The third-order valence-corrected chi connectivity index (χ3v) is 2.37. The van der Waals surface area contributed by atoms with Gasteiger partial charge in [-0.15, -0.1) is 0 Å². The summed E-state index contributed by atoms with van der Waals surface area (Å²) in [5, 5.41) is 0. The molecule has 15 heavy (non-hydrogen) atoms. The Bertz CT molecular complexity index is 343. The summed E-state index contributed by atoms with van der Waals surface area (Å²) in [5.41, 5.74) is 2.79. The summed E-state index contributed by atoms with van der Waals surface area (Å²) >= 11 is 0. The number of hydrogen-bond acceptors (Lipinski definition) is 2. The zero-order valence-corrected chi connectivity index (χ0v) is 9.67. The number of ether oxygens (including phenoxy) is 1. The van der Waals surface area contributed by atoms with Crippen LogP contribution in [0.4, 0.5) is 0 Å². The lowest BCUT2D eigenvalue weighted by atomic mass is 10.1. The van der Waals surface area contributed by atoms with E-state index in [2.05, 4.69) is 6.92 Å². The minimum atomic E-state index is 0.678. The van der Waals surface area contributed by atoms with Gasteiger partial charge < -0.3 is 4.74 Å². The molecule has 0 aliphatic heterocycles.